The quantitative estimate of drug-likeness (QED) is 0.822. The maximum Gasteiger partial charge on any atom is 0.159 e. The monoisotopic (exact) mass is 242 g/mol. The standard InChI is InChI=1S/C5H7BrN2S.ClH/c1-3(7)4-2-8-5(6)9-4;/h2-3H,7H2,1H3;1H/t3-;/m0./s1. The predicted molar refractivity (Wildman–Crippen MR) is 49.7 cm³/mol. The topological polar surface area (TPSA) is 38.9 Å². The van der Waals surface area contributed by atoms with Crippen molar-refractivity contribution in [3.05, 3.63) is 15.0 Å². The average Bonchev–Trinajstić information content (AvgIpc) is 2.14. The third kappa shape index (κ3) is 2.54. The van der Waals surface area contributed by atoms with E-state index < -0.39 is 0 Å². The van der Waals surface area contributed by atoms with E-state index in [4.69, 9.17) is 5.73 Å². The lowest BCUT2D eigenvalue weighted by Crippen LogP contribution is -2.01. The van der Waals surface area contributed by atoms with Crippen molar-refractivity contribution in [2.45, 2.75) is 13.0 Å². The Kier molecular flexibility index (Phi) is 4.44. The molecular weight excluding hydrogens is 235 g/mol. The molecule has 5 heteroatoms. The van der Waals surface area contributed by atoms with Crippen molar-refractivity contribution in [3.8, 4) is 0 Å². The van der Waals surface area contributed by atoms with E-state index in [0.29, 0.717) is 0 Å². The smallest absolute Gasteiger partial charge is 0.159 e. The van der Waals surface area contributed by atoms with Crippen molar-refractivity contribution in [3.63, 3.8) is 0 Å². The Morgan fingerprint density at radius 1 is 1.80 bits per heavy atom. The summed E-state index contributed by atoms with van der Waals surface area (Å²) in [6, 6.07) is 0.105. The van der Waals surface area contributed by atoms with Crippen molar-refractivity contribution >= 4 is 39.7 Å². The van der Waals surface area contributed by atoms with Crippen molar-refractivity contribution < 1.29 is 0 Å². The SMILES string of the molecule is C[C@H](N)c1cnc(Br)s1.Cl. The summed E-state index contributed by atoms with van der Waals surface area (Å²) in [6.07, 6.45) is 1.79. The first-order valence-corrected chi connectivity index (χ1v) is 4.18. The zero-order valence-electron chi connectivity index (χ0n) is 5.37. The molecule has 0 fully saturated rings. The summed E-state index contributed by atoms with van der Waals surface area (Å²) in [5, 5.41) is 0. The van der Waals surface area contributed by atoms with Gasteiger partial charge in [-0.1, -0.05) is 0 Å². The molecule has 1 aromatic rings. The molecule has 0 saturated carbocycles. The molecule has 2 nitrogen and oxygen atoms in total. The number of hydrogen-bond acceptors (Lipinski definition) is 3. The van der Waals surface area contributed by atoms with E-state index >= 15 is 0 Å². The number of nitrogens with two attached hydrogens (primary N) is 1. The van der Waals surface area contributed by atoms with Gasteiger partial charge < -0.3 is 5.73 Å². The first-order chi connectivity index (χ1) is 4.20. The van der Waals surface area contributed by atoms with Gasteiger partial charge in [0.2, 0.25) is 0 Å². The first-order valence-electron chi connectivity index (χ1n) is 2.57. The third-order valence-electron chi connectivity index (χ3n) is 0.944. The Balaban J connectivity index is 0.000000810. The molecule has 10 heavy (non-hydrogen) atoms. The molecule has 0 amide bonds. The molecule has 0 aromatic carbocycles. The summed E-state index contributed by atoms with van der Waals surface area (Å²) in [5.41, 5.74) is 5.58. The van der Waals surface area contributed by atoms with Crippen molar-refractivity contribution in [2.24, 2.45) is 5.73 Å². The largest absolute Gasteiger partial charge is 0.323 e. The van der Waals surface area contributed by atoms with E-state index in [1.54, 1.807) is 17.5 Å². The highest BCUT2D eigenvalue weighted by atomic mass is 79.9. The normalized spacial score (nSPS) is 12.3. The van der Waals surface area contributed by atoms with Gasteiger partial charge in [-0.05, 0) is 22.9 Å². The van der Waals surface area contributed by atoms with Crippen LogP contribution in [0.4, 0.5) is 0 Å². The van der Waals surface area contributed by atoms with Crippen LogP contribution >= 0.6 is 39.7 Å². The van der Waals surface area contributed by atoms with Crippen LogP contribution in [0.15, 0.2) is 10.1 Å². The van der Waals surface area contributed by atoms with Gasteiger partial charge >= 0.3 is 0 Å². The molecule has 0 unspecified atom stereocenters. The summed E-state index contributed by atoms with van der Waals surface area (Å²) in [4.78, 5) is 5.11. The van der Waals surface area contributed by atoms with Crippen LogP contribution in [0.1, 0.15) is 17.8 Å². The molecule has 0 aliphatic carbocycles. The molecule has 0 radical (unpaired) electrons. The number of thiazole rings is 1. The van der Waals surface area contributed by atoms with E-state index in [2.05, 4.69) is 20.9 Å². The fraction of sp³-hybridized carbons (Fsp3) is 0.400. The number of nitrogens with zero attached hydrogens (tertiary/aromatic N) is 1. The van der Waals surface area contributed by atoms with Gasteiger partial charge in [0.05, 0.1) is 0 Å². The highest BCUT2D eigenvalue weighted by Gasteiger charge is 2.01. The maximum absolute atomic E-state index is 5.58. The van der Waals surface area contributed by atoms with Crippen LogP contribution in [-0.4, -0.2) is 4.98 Å². The Bertz CT molecular complexity index is 201. The van der Waals surface area contributed by atoms with Crippen LogP contribution in [0.25, 0.3) is 0 Å². The lowest BCUT2D eigenvalue weighted by Gasteiger charge is -1.95. The molecule has 2 N–H and O–H groups in total. The Morgan fingerprint density at radius 2 is 2.40 bits per heavy atom. The molecule has 0 aliphatic rings. The zero-order valence-corrected chi connectivity index (χ0v) is 8.59. The fourth-order valence-electron chi connectivity index (χ4n) is 0.475. The third-order valence-corrected chi connectivity index (χ3v) is 2.62. The number of aromatic nitrogens is 1. The van der Waals surface area contributed by atoms with Gasteiger partial charge in [0.15, 0.2) is 3.92 Å². The molecule has 0 aliphatic heterocycles. The minimum absolute atomic E-state index is 0. The second-order valence-corrected chi connectivity index (χ2v) is 4.14. The molecule has 1 aromatic heterocycles. The molecule has 58 valence electrons. The first kappa shape index (κ1) is 10.4. The van der Waals surface area contributed by atoms with Crippen molar-refractivity contribution in [1.29, 1.82) is 0 Å². The van der Waals surface area contributed by atoms with Gasteiger partial charge in [-0.25, -0.2) is 4.98 Å². The lowest BCUT2D eigenvalue weighted by atomic mass is 10.3. The number of halogens is 2. The summed E-state index contributed by atoms with van der Waals surface area (Å²) >= 11 is 4.83. The molecule has 1 heterocycles. The van der Waals surface area contributed by atoms with Crippen LogP contribution in [0, 0.1) is 0 Å². The van der Waals surface area contributed by atoms with Crippen LogP contribution in [0.2, 0.25) is 0 Å². The predicted octanol–water partition coefficient (Wildman–Crippen LogP) is 2.35. The highest BCUT2D eigenvalue weighted by molar-refractivity contribution is 9.11. The van der Waals surface area contributed by atoms with Gasteiger partial charge in [-0.2, -0.15) is 0 Å². The Labute approximate surface area is 78.4 Å². The van der Waals surface area contributed by atoms with Crippen molar-refractivity contribution in [2.75, 3.05) is 0 Å². The van der Waals surface area contributed by atoms with E-state index in [-0.39, 0.29) is 18.4 Å². The van der Waals surface area contributed by atoms with Gasteiger partial charge in [0.1, 0.15) is 0 Å². The Hall–Kier alpha value is 0.360. The highest BCUT2D eigenvalue weighted by Crippen LogP contribution is 2.22. The summed E-state index contributed by atoms with van der Waals surface area (Å²) in [6.45, 7) is 1.94. The van der Waals surface area contributed by atoms with Crippen molar-refractivity contribution in [1.82, 2.24) is 4.98 Å². The minimum atomic E-state index is 0. The molecule has 0 spiro atoms. The maximum atomic E-state index is 5.58. The number of hydrogen-bond donors (Lipinski definition) is 1. The van der Waals surface area contributed by atoms with Gasteiger partial charge in [-0.3, -0.25) is 0 Å². The molecule has 1 rings (SSSR count). The van der Waals surface area contributed by atoms with E-state index in [1.807, 2.05) is 6.92 Å². The number of rotatable bonds is 1. The molecular formula is C5H8BrClN2S. The van der Waals surface area contributed by atoms with Crippen LogP contribution in [0.3, 0.4) is 0 Å². The Morgan fingerprint density at radius 3 is 2.60 bits per heavy atom. The summed E-state index contributed by atoms with van der Waals surface area (Å²) in [7, 11) is 0. The second-order valence-electron chi connectivity index (χ2n) is 1.80. The second kappa shape index (κ2) is 4.28. The van der Waals surface area contributed by atoms with Gasteiger partial charge in [-0.15, -0.1) is 23.7 Å². The van der Waals surface area contributed by atoms with E-state index in [0.717, 1.165) is 8.79 Å². The summed E-state index contributed by atoms with van der Waals surface area (Å²) < 4.78 is 0.898. The van der Waals surface area contributed by atoms with Gasteiger partial charge in [0, 0.05) is 17.1 Å². The summed E-state index contributed by atoms with van der Waals surface area (Å²) in [5.74, 6) is 0. The molecule has 0 bridgehead atoms. The van der Waals surface area contributed by atoms with Crippen LogP contribution in [0.5, 0.6) is 0 Å². The minimum Gasteiger partial charge on any atom is -0.323 e. The van der Waals surface area contributed by atoms with Crippen LogP contribution < -0.4 is 5.73 Å². The average molecular weight is 244 g/mol. The fourth-order valence-corrected chi connectivity index (χ4v) is 1.73. The van der Waals surface area contributed by atoms with E-state index in [1.165, 1.54) is 0 Å². The van der Waals surface area contributed by atoms with Crippen LogP contribution in [-0.2, 0) is 0 Å². The van der Waals surface area contributed by atoms with Gasteiger partial charge in [0.25, 0.3) is 0 Å². The zero-order chi connectivity index (χ0) is 6.85. The van der Waals surface area contributed by atoms with E-state index in [9.17, 15) is 0 Å². The lowest BCUT2D eigenvalue weighted by molar-refractivity contribution is 0.835. The molecule has 0 saturated heterocycles. The molecule has 1 atom stereocenters.